The molecule has 0 radical (unpaired) electrons. The lowest BCUT2D eigenvalue weighted by atomic mass is 9.99. The standard InChI is InChI=1S/C22H24O11/c23-9-17-19(28)20(29)21(30)22(33-17)32-16-5-3-13(24)8-12(16)10-31-18(27)6-2-11-1-4-14(25)15(26)7-11/h1-8,17,19-26,28-30H,9-10H2/b6-2+/t17-,19-,20+,21-,22-/m1/s1. The summed E-state index contributed by atoms with van der Waals surface area (Å²) in [5, 5.41) is 67.8. The number of carbonyl (C=O) groups is 1. The first-order chi connectivity index (χ1) is 15.7. The van der Waals surface area contributed by atoms with Gasteiger partial charge in [0, 0.05) is 11.6 Å². The average molecular weight is 464 g/mol. The molecule has 1 heterocycles. The molecule has 5 atom stereocenters. The lowest BCUT2D eigenvalue weighted by molar-refractivity contribution is -0.277. The maximum atomic E-state index is 12.1. The normalized spacial score (nSPS) is 25.2. The smallest absolute Gasteiger partial charge is 0.331 e. The Bertz CT molecular complexity index is 1000. The Hall–Kier alpha value is -3.35. The first-order valence-electron chi connectivity index (χ1n) is 9.85. The molecule has 7 N–H and O–H groups in total. The molecule has 0 bridgehead atoms. The number of aliphatic hydroxyl groups is 4. The summed E-state index contributed by atoms with van der Waals surface area (Å²) in [5.74, 6) is -1.51. The maximum Gasteiger partial charge on any atom is 0.331 e. The summed E-state index contributed by atoms with van der Waals surface area (Å²) in [6.45, 7) is -0.971. The third-order valence-corrected chi connectivity index (χ3v) is 4.92. The highest BCUT2D eigenvalue weighted by Crippen LogP contribution is 2.29. The minimum Gasteiger partial charge on any atom is -0.508 e. The van der Waals surface area contributed by atoms with E-state index in [0.29, 0.717) is 5.56 Å². The van der Waals surface area contributed by atoms with Gasteiger partial charge in [0.1, 0.15) is 42.5 Å². The first-order valence-corrected chi connectivity index (χ1v) is 9.85. The minimum absolute atomic E-state index is 0.0531. The lowest BCUT2D eigenvalue weighted by Crippen LogP contribution is -2.60. The molecule has 0 aliphatic carbocycles. The van der Waals surface area contributed by atoms with Crippen molar-refractivity contribution in [1.82, 2.24) is 0 Å². The van der Waals surface area contributed by atoms with E-state index in [4.69, 9.17) is 14.2 Å². The van der Waals surface area contributed by atoms with E-state index in [1.807, 2.05) is 0 Å². The van der Waals surface area contributed by atoms with Crippen LogP contribution in [0, 0.1) is 0 Å². The van der Waals surface area contributed by atoms with Gasteiger partial charge in [-0.3, -0.25) is 0 Å². The number of aliphatic hydroxyl groups excluding tert-OH is 4. The van der Waals surface area contributed by atoms with Gasteiger partial charge in [-0.2, -0.15) is 0 Å². The van der Waals surface area contributed by atoms with Gasteiger partial charge in [-0.25, -0.2) is 4.79 Å². The van der Waals surface area contributed by atoms with Gasteiger partial charge in [-0.05, 0) is 42.0 Å². The number of aromatic hydroxyl groups is 3. The Morgan fingerprint density at radius 1 is 0.970 bits per heavy atom. The average Bonchev–Trinajstić information content (AvgIpc) is 2.80. The van der Waals surface area contributed by atoms with E-state index in [1.54, 1.807) is 0 Å². The number of phenols is 3. The van der Waals surface area contributed by atoms with Crippen molar-refractivity contribution in [3.8, 4) is 23.0 Å². The zero-order valence-corrected chi connectivity index (χ0v) is 17.2. The highest BCUT2D eigenvalue weighted by atomic mass is 16.7. The Labute approximate surface area is 188 Å². The van der Waals surface area contributed by atoms with Crippen LogP contribution in [0.3, 0.4) is 0 Å². The van der Waals surface area contributed by atoms with Gasteiger partial charge in [-0.15, -0.1) is 0 Å². The molecule has 0 amide bonds. The van der Waals surface area contributed by atoms with Crippen LogP contribution < -0.4 is 4.74 Å². The minimum atomic E-state index is -1.64. The molecule has 1 saturated heterocycles. The van der Waals surface area contributed by atoms with Gasteiger partial charge in [0.25, 0.3) is 0 Å². The summed E-state index contributed by atoms with van der Waals surface area (Å²) in [5.41, 5.74) is 0.641. The molecule has 1 fully saturated rings. The molecular formula is C22H24O11. The number of hydrogen-bond donors (Lipinski definition) is 7. The predicted octanol–water partition coefficient (Wildman–Crippen LogP) is -0.261. The number of phenolic OH excluding ortho intramolecular Hbond substituents is 3. The SMILES string of the molecule is O=C(/C=C/c1ccc(O)c(O)c1)OCc1cc(O)ccc1O[C@@H]1O[C@H](CO)[C@@H](O)[C@H](O)[C@H]1O. The Morgan fingerprint density at radius 3 is 2.42 bits per heavy atom. The maximum absolute atomic E-state index is 12.1. The van der Waals surface area contributed by atoms with E-state index in [-0.39, 0.29) is 35.2 Å². The zero-order chi connectivity index (χ0) is 24.1. The van der Waals surface area contributed by atoms with E-state index in [2.05, 4.69) is 0 Å². The molecule has 1 aliphatic rings. The van der Waals surface area contributed by atoms with Gasteiger partial charge < -0.3 is 50.0 Å². The van der Waals surface area contributed by atoms with Crippen LogP contribution in [0.1, 0.15) is 11.1 Å². The van der Waals surface area contributed by atoms with Crippen LogP contribution in [0.25, 0.3) is 6.08 Å². The van der Waals surface area contributed by atoms with Crippen molar-refractivity contribution in [1.29, 1.82) is 0 Å². The molecule has 178 valence electrons. The van der Waals surface area contributed by atoms with Crippen molar-refractivity contribution in [2.75, 3.05) is 6.61 Å². The fourth-order valence-electron chi connectivity index (χ4n) is 3.09. The molecule has 2 aromatic rings. The number of hydrogen-bond acceptors (Lipinski definition) is 11. The largest absolute Gasteiger partial charge is 0.508 e. The summed E-state index contributed by atoms with van der Waals surface area (Å²) in [6.07, 6.45) is -5.01. The van der Waals surface area contributed by atoms with Crippen LogP contribution in [-0.2, 0) is 20.9 Å². The molecule has 0 spiro atoms. The Morgan fingerprint density at radius 2 is 1.73 bits per heavy atom. The van der Waals surface area contributed by atoms with E-state index in [0.717, 1.165) is 6.08 Å². The second kappa shape index (κ2) is 10.5. The number of ether oxygens (including phenoxy) is 3. The van der Waals surface area contributed by atoms with Crippen LogP contribution in [0.2, 0.25) is 0 Å². The third kappa shape index (κ3) is 5.92. The molecule has 11 nitrogen and oxygen atoms in total. The summed E-state index contributed by atoms with van der Waals surface area (Å²) in [7, 11) is 0. The first kappa shape index (κ1) is 24.3. The van der Waals surface area contributed by atoms with Crippen LogP contribution >= 0.6 is 0 Å². The van der Waals surface area contributed by atoms with Crippen LogP contribution in [0.4, 0.5) is 0 Å². The molecule has 3 rings (SSSR count). The van der Waals surface area contributed by atoms with Crippen molar-refractivity contribution >= 4 is 12.0 Å². The number of rotatable bonds is 7. The predicted molar refractivity (Wildman–Crippen MR) is 111 cm³/mol. The summed E-state index contributed by atoms with van der Waals surface area (Å²) < 4.78 is 16.0. The molecule has 1 aliphatic heterocycles. The van der Waals surface area contributed by atoms with Crippen molar-refractivity contribution in [3.63, 3.8) is 0 Å². The number of carbonyl (C=O) groups excluding carboxylic acids is 1. The molecule has 11 heteroatoms. The zero-order valence-electron chi connectivity index (χ0n) is 17.2. The van der Waals surface area contributed by atoms with E-state index in [9.17, 15) is 40.5 Å². The summed E-state index contributed by atoms with van der Waals surface area (Å²) in [6, 6.07) is 7.85. The van der Waals surface area contributed by atoms with Crippen molar-refractivity contribution < 1.29 is 54.8 Å². The van der Waals surface area contributed by atoms with Gasteiger partial charge in [0.2, 0.25) is 6.29 Å². The van der Waals surface area contributed by atoms with Gasteiger partial charge in [0.15, 0.2) is 11.5 Å². The molecular weight excluding hydrogens is 440 g/mol. The topological polar surface area (TPSA) is 186 Å². The molecule has 0 saturated carbocycles. The summed E-state index contributed by atoms with van der Waals surface area (Å²) >= 11 is 0. The van der Waals surface area contributed by atoms with Crippen LogP contribution in [-0.4, -0.2) is 79.0 Å². The van der Waals surface area contributed by atoms with E-state index >= 15 is 0 Å². The van der Waals surface area contributed by atoms with Crippen LogP contribution in [0.5, 0.6) is 23.0 Å². The van der Waals surface area contributed by atoms with E-state index in [1.165, 1.54) is 42.5 Å². The van der Waals surface area contributed by atoms with Gasteiger partial charge >= 0.3 is 5.97 Å². The fraction of sp³-hybridized carbons (Fsp3) is 0.318. The molecule has 33 heavy (non-hydrogen) atoms. The Kier molecular flexibility index (Phi) is 7.74. The third-order valence-electron chi connectivity index (χ3n) is 4.92. The van der Waals surface area contributed by atoms with Crippen molar-refractivity contribution in [2.45, 2.75) is 37.3 Å². The molecule has 2 aromatic carbocycles. The molecule has 0 unspecified atom stereocenters. The van der Waals surface area contributed by atoms with E-state index < -0.39 is 43.3 Å². The second-order valence-electron chi connectivity index (χ2n) is 7.30. The lowest BCUT2D eigenvalue weighted by Gasteiger charge is -2.39. The molecule has 0 aromatic heterocycles. The number of benzene rings is 2. The summed E-state index contributed by atoms with van der Waals surface area (Å²) in [4.78, 5) is 12.1. The monoisotopic (exact) mass is 464 g/mol. The quantitative estimate of drug-likeness (QED) is 0.163. The second-order valence-corrected chi connectivity index (χ2v) is 7.30. The van der Waals surface area contributed by atoms with Crippen molar-refractivity contribution in [2.24, 2.45) is 0 Å². The highest BCUT2D eigenvalue weighted by Gasteiger charge is 2.44. The van der Waals surface area contributed by atoms with Gasteiger partial charge in [0.05, 0.1) is 6.61 Å². The number of esters is 1. The Balaban J connectivity index is 1.67. The highest BCUT2D eigenvalue weighted by molar-refractivity contribution is 5.87. The van der Waals surface area contributed by atoms with Crippen molar-refractivity contribution in [3.05, 3.63) is 53.6 Å². The van der Waals surface area contributed by atoms with Crippen LogP contribution in [0.15, 0.2) is 42.5 Å². The fourth-order valence-corrected chi connectivity index (χ4v) is 3.09. The van der Waals surface area contributed by atoms with Gasteiger partial charge in [-0.1, -0.05) is 6.07 Å².